The minimum absolute atomic E-state index is 0.349. The van der Waals surface area contributed by atoms with Crippen LogP contribution in [0.4, 0.5) is 5.69 Å². The number of guanidine groups is 1. The molecule has 0 aromatic heterocycles. The van der Waals surface area contributed by atoms with Gasteiger partial charge < -0.3 is 20.5 Å². The van der Waals surface area contributed by atoms with Crippen molar-refractivity contribution in [2.75, 3.05) is 31.7 Å². The number of benzene rings is 1. The Morgan fingerprint density at radius 1 is 1.39 bits per heavy atom. The number of hydrogen-bond acceptors (Lipinski definition) is 3. The van der Waals surface area contributed by atoms with Gasteiger partial charge in [0.25, 0.3) is 0 Å². The fourth-order valence-corrected chi connectivity index (χ4v) is 2.52. The van der Waals surface area contributed by atoms with Crippen molar-refractivity contribution >= 4 is 11.6 Å². The molecule has 1 heterocycles. The van der Waals surface area contributed by atoms with Crippen LogP contribution in [0.15, 0.2) is 29.3 Å². The summed E-state index contributed by atoms with van der Waals surface area (Å²) < 4.78 is 11.1. The molecule has 5 heteroatoms. The molecule has 1 aromatic carbocycles. The maximum absolute atomic E-state index is 5.94. The number of nitrogens with two attached hydrogens (primary N) is 1. The molecular weight excluding hydrogens is 290 g/mol. The third kappa shape index (κ3) is 6.59. The molecule has 23 heavy (non-hydrogen) atoms. The molecule has 128 valence electrons. The van der Waals surface area contributed by atoms with E-state index >= 15 is 0 Å². The van der Waals surface area contributed by atoms with Gasteiger partial charge in [-0.2, -0.15) is 0 Å². The monoisotopic (exact) mass is 319 g/mol. The highest BCUT2D eigenvalue weighted by Gasteiger charge is 2.13. The van der Waals surface area contributed by atoms with Gasteiger partial charge in [0, 0.05) is 32.1 Å². The largest absolute Gasteiger partial charge is 0.381 e. The summed E-state index contributed by atoms with van der Waals surface area (Å²) in [5.74, 6) is 0.953. The molecule has 0 bridgehead atoms. The Kier molecular flexibility index (Phi) is 7.36. The van der Waals surface area contributed by atoms with E-state index in [-0.39, 0.29) is 0 Å². The SMILES string of the molecule is CC(C)c1cccc(NC(N)=NCCCOC2CCOCC2)c1. The number of hydrogen-bond donors (Lipinski definition) is 2. The summed E-state index contributed by atoms with van der Waals surface area (Å²) in [4.78, 5) is 4.36. The van der Waals surface area contributed by atoms with Gasteiger partial charge in [-0.15, -0.1) is 0 Å². The fourth-order valence-electron chi connectivity index (χ4n) is 2.52. The lowest BCUT2D eigenvalue weighted by Crippen LogP contribution is -2.24. The van der Waals surface area contributed by atoms with Crippen molar-refractivity contribution in [3.63, 3.8) is 0 Å². The Morgan fingerprint density at radius 3 is 2.91 bits per heavy atom. The van der Waals surface area contributed by atoms with Crippen LogP contribution < -0.4 is 11.1 Å². The van der Waals surface area contributed by atoms with E-state index in [4.69, 9.17) is 15.2 Å². The first kappa shape index (κ1) is 17.8. The molecule has 1 fully saturated rings. The highest BCUT2D eigenvalue weighted by Crippen LogP contribution is 2.18. The quantitative estimate of drug-likeness (QED) is 0.460. The number of nitrogens with one attached hydrogen (secondary N) is 1. The van der Waals surface area contributed by atoms with Crippen molar-refractivity contribution in [1.82, 2.24) is 0 Å². The molecule has 1 aliphatic rings. The van der Waals surface area contributed by atoms with Crippen molar-refractivity contribution in [3.05, 3.63) is 29.8 Å². The summed E-state index contributed by atoms with van der Waals surface area (Å²) in [6.07, 6.45) is 3.23. The summed E-state index contributed by atoms with van der Waals surface area (Å²) in [7, 11) is 0. The van der Waals surface area contributed by atoms with Crippen LogP contribution in [0.25, 0.3) is 0 Å². The Morgan fingerprint density at radius 2 is 2.17 bits per heavy atom. The van der Waals surface area contributed by atoms with Crippen LogP contribution in [-0.2, 0) is 9.47 Å². The molecule has 1 saturated heterocycles. The Labute approximate surface area is 139 Å². The van der Waals surface area contributed by atoms with E-state index in [2.05, 4.69) is 36.3 Å². The van der Waals surface area contributed by atoms with Gasteiger partial charge >= 0.3 is 0 Å². The predicted octanol–water partition coefficient (Wildman–Crippen LogP) is 3.12. The Bertz CT molecular complexity index is 497. The van der Waals surface area contributed by atoms with Crippen molar-refractivity contribution < 1.29 is 9.47 Å². The fraction of sp³-hybridized carbons (Fsp3) is 0.611. The maximum Gasteiger partial charge on any atom is 0.193 e. The van der Waals surface area contributed by atoms with E-state index in [0.29, 0.717) is 24.5 Å². The molecule has 0 amide bonds. The van der Waals surface area contributed by atoms with Crippen molar-refractivity contribution in [2.45, 2.75) is 45.1 Å². The molecule has 0 aliphatic carbocycles. The van der Waals surface area contributed by atoms with E-state index in [0.717, 1.165) is 44.8 Å². The van der Waals surface area contributed by atoms with Gasteiger partial charge in [-0.3, -0.25) is 4.99 Å². The van der Waals surface area contributed by atoms with Gasteiger partial charge in [-0.1, -0.05) is 26.0 Å². The van der Waals surface area contributed by atoms with Crippen molar-refractivity contribution in [1.29, 1.82) is 0 Å². The number of anilines is 1. The maximum atomic E-state index is 5.94. The van der Waals surface area contributed by atoms with Crippen LogP contribution in [0.5, 0.6) is 0 Å². The minimum Gasteiger partial charge on any atom is -0.381 e. The minimum atomic E-state index is 0.349. The molecular formula is C18H29N3O2. The number of nitrogens with zero attached hydrogens (tertiary/aromatic N) is 1. The van der Waals surface area contributed by atoms with E-state index in [1.165, 1.54) is 5.56 Å². The highest BCUT2D eigenvalue weighted by atomic mass is 16.5. The number of ether oxygens (including phenoxy) is 2. The summed E-state index contributed by atoms with van der Waals surface area (Å²) in [5, 5.41) is 3.15. The number of aliphatic imine (C=N–C) groups is 1. The summed E-state index contributed by atoms with van der Waals surface area (Å²) in [5.41, 5.74) is 8.21. The molecule has 1 aliphatic heterocycles. The summed E-state index contributed by atoms with van der Waals surface area (Å²) in [6, 6.07) is 8.27. The van der Waals surface area contributed by atoms with E-state index in [1.807, 2.05) is 12.1 Å². The lowest BCUT2D eigenvalue weighted by Gasteiger charge is -2.22. The van der Waals surface area contributed by atoms with Gasteiger partial charge in [0.2, 0.25) is 0 Å². The second kappa shape index (κ2) is 9.53. The second-order valence-electron chi connectivity index (χ2n) is 6.21. The first-order valence-electron chi connectivity index (χ1n) is 8.51. The van der Waals surface area contributed by atoms with Crippen LogP contribution in [0, 0.1) is 0 Å². The van der Waals surface area contributed by atoms with E-state index in [9.17, 15) is 0 Å². The van der Waals surface area contributed by atoms with Crippen LogP contribution in [0.2, 0.25) is 0 Å². The van der Waals surface area contributed by atoms with Crippen LogP contribution in [0.3, 0.4) is 0 Å². The first-order chi connectivity index (χ1) is 11.1. The first-order valence-corrected chi connectivity index (χ1v) is 8.51. The van der Waals surface area contributed by atoms with Crippen molar-refractivity contribution in [2.24, 2.45) is 10.7 Å². The van der Waals surface area contributed by atoms with Gasteiger partial charge in [0.05, 0.1) is 6.10 Å². The molecule has 0 unspecified atom stereocenters. The molecule has 0 saturated carbocycles. The molecule has 1 aromatic rings. The molecule has 5 nitrogen and oxygen atoms in total. The topological polar surface area (TPSA) is 68.9 Å². The lowest BCUT2D eigenvalue weighted by molar-refractivity contribution is -0.0318. The van der Waals surface area contributed by atoms with Gasteiger partial charge in [-0.05, 0) is 42.9 Å². The number of rotatable bonds is 7. The normalized spacial score (nSPS) is 16.7. The predicted molar refractivity (Wildman–Crippen MR) is 95.1 cm³/mol. The van der Waals surface area contributed by atoms with E-state index < -0.39 is 0 Å². The van der Waals surface area contributed by atoms with Crippen LogP contribution in [-0.4, -0.2) is 38.4 Å². The van der Waals surface area contributed by atoms with Gasteiger partial charge in [0.15, 0.2) is 5.96 Å². The summed E-state index contributed by atoms with van der Waals surface area (Å²) in [6.45, 7) is 7.38. The molecule has 2 rings (SSSR count). The average Bonchev–Trinajstić information content (AvgIpc) is 2.55. The zero-order chi connectivity index (χ0) is 16.5. The van der Waals surface area contributed by atoms with Crippen LogP contribution in [0.1, 0.15) is 44.6 Å². The Hall–Kier alpha value is -1.59. The Balaban J connectivity index is 1.67. The molecule has 0 spiro atoms. The van der Waals surface area contributed by atoms with Crippen molar-refractivity contribution in [3.8, 4) is 0 Å². The van der Waals surface area contributed by atoms with Crippen LogP contribution >= 0.6 is 0 Å². The molecule has 0 atom stereocenters. The standard InChI is InChI=1S/C18H29N3O2/c1-14(2)15-5-3-6-16(13-15)21-18(19)20-9-4-10-23-17-7-11-22-12-8-17/h3,5-6,13-14,17H,4,7-12H2,1-2H3,(H3,19,20,21). The van der Waals surface area contributed by atoms with Gasteiger partial charge in [-0.25, -0.2) is 0 Å². The van der Waals surface area contributed by atoms with Gasteiger partial charge in [0.1, 0.15) is 0 Å². The molecule has 3 N–H and O–H groups in total. The lowest BCUT2D eigenvalue weighted by atomic mass is 10.0. The third-order valence-electron chi connectivity index (χ3n) is 3.93. The summed E-state index contributed by atoms with van der Waals surface area (Å²) >= 11 is 0. The molecule has 0 radical (unpaired) electrons. The zero-order valence-electron chi connectivity index (χ0n) is 14.3. The second-order valence-corrected chi connectivity index (χ2v) is 6.21. The highest BCUT2D eigenvalue weighted by molar-refractivity contribution is 5.92. The third-order valence-corrected chi connectivity index (χ3v) is 3.93. The smallest absolute Gasteiger partial charge is 0.193 e. The van der Waals surface area contributed by atoms with E-state index in [1.54, 1.807) is 0 Å². The zero-order valence-corrected chi connectivity index (χ0v) is 14.3. The average molecular weight is 319 g/mol.